The monoisotopic (exact) mass is 134 g/mol. The second-order valence-electron chi connectivity index (χ2n) is 1.92. The Bertz CT molecular complexity index is 204. The van der Waals surface area contributed by atoms with Crippen molar-refractivity contribution in [3.63, 3.8) is 0 Å². The Morgan fingerprint density at radius 2 is 2.10 bits per heavy atom. The summed E-state index contributed by atoms with van der Waals surface area (Å²) in [5.41, 5.74) is 6.41. The number of nitrogens with two attached hydrogens (primary N) is 1. The predicted molar refractivity (Wildman–Crippen MR) is 42.3 cm³/mol. The fraction of sp³-hybridized carbons (Fsp3) is 0.125. The lowest BCUT2D eigenvalue weighted by Crippen LogP contribution is -1.91. The van der Waals surface area contributed by atoms with Crippen LogP contribution < -0.4 is 5.73 Å². The maximum Gasteiger partial charge on any atom is 0.0273 e. The lowest BCUT2D eigenvalue weighted by molar-refractivity contribution is 1.26. The van der Waals surface area contributed by atoms with Crippen molar-refractivity contribution in [1.29, 1.82) is 0 Å². The van der Waals surface area contributed by atoms with E-state index in [9.17, 15) is 0 Å². The molecule has 1 rings (SSSR count). The Balaban J connectivity index is 2.67. The zero-order valence-electron chi connectivity index (χ0n) is 5.70. The SMILES string of the molecule is NC/C=C/c1ccncc1. The molecule has 0 saturated heterocycles. The van der Waals surface area contributed by atoms with Crippen molar-refractivity contribution in [2.45, 2.75) is 0 Å². The van der Waals surface area contributed by atoms with Crippen molar-refractivity contribution in [3.8, 4) is 0 Å². The van der Waals surface area contributed by atoms with E-state index in [0.29, 0.717) is 6.54 Å². The molecule has 10 heavy (non-hydrogen) atoms. The van der Waals surface area contributed by atoms with Gasteiger partial charge in [0.2, 0.25) is 0 Å². The summed E-state index contributed by atoms with van der Waals surface area (Å²) in [7, 11) is 0. The minimum absolute atomic E-state index is 0.586. The topological polar surface area (TPSA) is 38.9 Å². The number of pyridine rings is 1. The molecule has 1 heterocycles. The molecule has 1 aromatic rings. The molecular formula is C8H10N2. The quantitative estimate of drug-likeness (QED) is 0.656. The third-order valence-corrected chi connectivity index (χ3v) is 1.15. The molecule has 2 heteroatoms. The predicted octanol–water partition coefficient (Wildman–Crippen LogP) is 1.05. The summed E-state index contributed by atoms with van der Waals surface area (Å²) in [5, 5.41) is 0. The molecule has 0 bridgehead atoms. The normalized spacial score (nSPS) is 10.5. The van der Waals surface area contributed by atoms with Gasteiger partial charge in [0.05, 0.1) is 0 Å². The van der Waals surface area contributed by atoms with Crippen LogP contribution in [0.1, 0.15) is 5.56 Å². The second-order valence-corrected chi connectivity index (χ2v) is 1.92. The van der Waals surface area contributed by atoms with E-state index in [1.165, 1.54) is 0 Å². The molecule has 0 saturated carbocycles. The molecule has 52 valence electrons. The maximum absolute atomic E-state index is 5.27. The number of hydrogen-bond donors (Lipinski definition) is 1. The molecule has 2 N–H and O–H groups in total. The molecule has 1 aromatic heterocycles. The van der Waals surface area contributed by atoms with Gasteiger partial charge < -0.3 is 5.73 Å². The van der Waals surface area contributed by atoms with Gasteiger partial charge in [0.1, 0.15) is 0 Å². The van der Waals surface area contributed by atoms with E-state index in [2.05, 4.69) is 4.98 Å². The highest BCUT2D eigenvalue weighted by Crippen LogP contribution is 1.97. The van der Waals surface area contributed by atoms with E-state index >= 15 is 0 Å². The molecule has 0 aliphatic rings. The summed E-state index contributed by atoms with van der Waals surface area (Å²) >= 11 is 0. The van der Waals surface area contributed by atoms with Crippen molar-refractivity contribution >= 4 is 6.08 Å². The van der Waals surface area contributed by atoms with E-state index in [1.54, 1.807) is 12.4 Å². The smallest absolute Gasteiger partial charge is 0.0273 e. The third kappa shape index (κ3) is 1.99. The molecule has 0 fully saturated rings. The summed E-state index contributed by atoms with van der Waals surface area (Å²) in [6, 6.07) is 3.87. The Morgan fingerprint density at radius 1 is 1.40 bits per heavy atom. The minimum Gasteiger partial charge on any atom is -0.327 e. The van der Waals surface area contributed by atoms with E-state index in [4.69, 9.17) is 5.73 Å². The van der Waals surface area contributed by atoms with Gasteiger partial charge in [0, 0.05) is 18.9 Å². The Kier molecular flexibility index (Phi) is 2.64. The first-order valence-electron chi connectivity index (χ1n) is 3.20. The first-order valence-corrected chi connectivity index (χ1v) is 3.20. The molecule has 0 aliphatic heterocycles. The first-order chi connectivity index (χ1) is 4.93. The van der Waals surface area contributed by atoms with Crippen molar-refractivity contribution in [3.05, 3.63) is 36.2 Å². The lowest BCUT2D eigenvalue weighted by atomic mass is 10.2. The van der Waals surface area contributed by atoms with Gasteiger partial charge in [-0.25, -0.2) is 0 Å². The molecule has 0 unspecified atom stereocenters. The van der Waals surface area contributed by atoms with Crippen LogP contribution in [0.15, 0.2) is 30.6 Å². The minimum atomic E-state index is 0.586. The van der Waals surface area contributed by atoms with Gasteiger partial charge in [0.15, 0.2) is 0 Å². The molecule has 0 amide bonds. The molecule has 0 aliphatic carbocycles. The van der Waals surface area contributed by atoms with Crippen LogP contribution in [0.3, 0.4) is 0 Å². The van der Waals surface area contributed by atoms with Crippen molar-refractivity contribution < 1.29 is 0 Å². The third-order valence-electron chi connectivity index (χ3n) is 1.15. The Hall–Kier alpha value is -1.15. The van der Waals surface area contributed by atoms with Gasteiger partial charge in [-0.1, -0.05) is 12.2 Å². The molecule has 0 aromatic carbocycles. The van der Waals surface area contributed by atoms with Crippen LogP contribution in [0.2, 0.25) is 0 Å². The van der Waals surface area contributed by atoms with Gasteiger partial charge in [-0.15, -0.1) is 0 Å². The zero-order chi connectivity index (χ0) is 7.23. The molecule has 0 atom stereocenters. The fourth-order valence-corrected chi connectivity index (χ4v) is 0.679. The van der Waals surface area contributed by atoms with Gasteiger partial charge in [-0.2, -0.15) is 0 Å². The van der Waals surface area contributed by atoms with Crippen LogP contribution in [0, 0.1) is 0 Å². The summed E-state index contributed by atoms with van der Waals surface area (Å²) in [6.07, 6.45) is 7.41. The van der Waals surface area contributed by atoms with Crippen LogP contribution in [-0.4, -0.2) is 11.5 Å². The summed E-state index contributed by atoms with van der Waals surface area (Å²) in [6.45, 7) is 0.586. The number of rotatable bonds is 2. The Morgan fingerprint density at radius 3 is 2.70 bits per heavy atom. The van der Waals surface area contributed by atoms with E-state index in [1.807, 2.05) is 24.3 Å². The van der Waals surface area contributed by atoms with Gasteiger partial charge >= 0.3 is 0 Å². The number of nitrogens with zero attached hydrogens (tertiary/aromatic N) is 1. The zero-order valence-corrected chi connectivity index (χ0v) is 5.70. The largest absolute Gasteiger partial charge is 0.327 e. The van der Waals surface area contributed by atoms with Gasteiger partial charge in [-0.05, 0) is 17.7 Å². The van der Waals surface area contributed by atoms with Crippen LogP contribution in [-0.2, 0) is 0 Å². The summed E-state index contributed by atoms with van der Waals surface area (Å²) in [4.78, 5) is 3.89. The van der Waals surface area contributed by atoms with Crippen molar-refractivity contribution in [2.24, 2.45) is 5.73 Å². The van der Waals surface area contributed by atoms with Crippen molar-refractivity contribution in [1.82, 2.24) is 4.98 Å². The van der Waals surface area contributed by atoms with Crippen LogP contribution >= 0.6 is 0 Å². The van der Waals surface area contributed by atoms with Crippen LogP contribution in [0.4, 0.5) is 0 Å². The number of hydrogen-bond acceptors (Lipinski definition) is 2. The van der Waals surface area contributed by atoms with E-state index in [-0.39, 0.29) is 0 Å². The molecule has 0 spiro atoms. The van der Waals surface area contributed by atoms with Crippen molar-refractivity contribution in [2.75, 3.05) is 6.54 Å². The first kappa shape index (κ1) is 6.96. The average Bonchev–Trinajstić information content (AvgIpc) is 2.03. The molecular weight excluding hydrogens is 124 g/mol. The molecule has 2 nitrogen and oxygen atoms in total. The number of aromatic nitrogens is 1. The standard InChI is InChI=1S/C8H10N2/c9-5-1-2-8-3-6-10-7-4-8/h1-4,6-7H,5,9H2/b2-1+. The molecule has 0 radical (unpaired) electrons. The lowest BCUT2D eigenvalue weighted by Gasteiger charge is -1.87. The highest BCUT2D eigenvalue weighted by molar-refractivity contribution is 5.47. The summed E-state index contributed by atoms with van der Waals surface area (Å²) < 4.78 is 0. The fourth-order valence-electron chi connectivity index (χ4n) is 0.679. The van der Waals surface area contributed by atoms with Gasteiger partial charge in [0.25, 0.3) is 0 Å². The van der Waals surface area contributed by atoms with E-state index < -0.39 is 0 Å². The maximum atomic E-state index is 5.27. The van der Waals surface area contributed by atoms with Crippen LogP contribution in [0.25, 0.3) is 6.08 Å². The second kappa shape index (κ2) is 3.80. The average molecular weight is 134 g/mol. The van der Waals surface area contributed by atoms with Gasteiger partial charge in [-0.3, -0.25) is 4.98 Å². The highest BCUT2D eigenvalue weighted by Gasteiger charge is 1.79. The highest BCUT2D eigenvalue weighted by atomic mass is 14.6. The van der Waals surface area contributed by atoms with E-state index in [0.717, 1.165) is 5.56 Å². The summed E-state index contributed by atoms with van der Waals surface area (Å²) in [5.74, 6) is 0. The Labute approximate surface area is 60.4 Å². The van der Waals surface area contributed by atoms with Crippen LogP contribution in [0.5, 0.6) is 0 Å².